The van der Waals surface area contributed by atoms with Crippen molar-refractivity contribution < 1.29 is 38.9 Å². The fourth-order valence-corrected chi connectivity index (χ4v) is 12.5. The third-order valence-corrected chi connectivity index (χ3v) is 14.2. The normalized spacial score (nSPS) is 45.0. The zero-order valence-electron chi connectivity index (χ0n) is 26.6. The summed E-state index contributed by atoms with van der Waals surface area (Å²) in [6.07, 6.45) is 1.37. The van der Waals surface area contributed by atoms with Gasteiger partial charge < -0.3 is 24.6 Å². The molecule has 3 heterocycles. The minimum atomic E-state index is -2.16. The predicted octanol–water partition coefficient (Wildman–Crippen LogP) is 3.98. The van der Waals surface area contributed by atoms with E-state index in [1.165, 1.54) is 6.92 Å². The van der Waals surface area contributed by atoms with Crippen molar-refractivity contribution >= 4 is 35.0 Å². The first-order chi connectivity index (χ1) is 21.7. The Hall–Kier alpha value is -2.59. The van der Waals surface area contributed by atoms with Crippen molar-refractivity contribution in [2.45, 2.75) is 77.3 Å². The van der Waals surface area contributed by atoms with Crippen LogP contribution in [0.2, 0.25) is 5.02 Å². The number of Topliss-reactive ketones (excluding diaryl/α,β-unsaturated/α-hetero) is 2. The average Bonchev–Trinajstić information content (AvgIpc) is 3.02. The molecule has 1 unspecified atom stereocenters. The van der Waals surface area contributed by atoms with E-state index < -0.39 is 69.3 Å². The number of hydrogen-bond acceptors (Lipinski definition) is 8. The summed E-state index contributed by atoms with van der Waals surface area (Å²) in [6, 6.07) is 6.90. The maximum absolute atomic E-state index is 15.1. The molecule has 0 aromatic heterocycles. The molecular weight excluding hydrogens is 610 g/mol. The van der Waals surface area contributed by atoms with Crippen molar-refractivity contribution in [1.82, 2.24) is 4.90 Å². The molecule has 10 atom stereocenters. The molecule has 2 spiro atoms. The number of aliphatic hydroxyl groups is 2. The maximum Gasteiger partial charge on any atom is 0.302 e. The molecule has 0 radical (unpaired) electrons. The molecule has 8 fully saturated rings. The lowest BCUT2D eigenvalue weighted by Crippen LogP contribution is -2.95. The minimum Gasteiger partial charge on any atom is -0.462 e. The van der Waals surface area contributed by atoms with E-state index in [1.807, 2.05) is 0 Å². The Morgan fingerprint density at radius 3 is 2.43 bits per heavy atom. The molecule has 9 rings (SSSR count). The lowest BCUT2D eigenvalue weighted by atomic mass is 9.18. The molecule has 5 saturated carbocycles. The monoisotopic (exact) mass is 651 g/mol. The van der Waals surface area contributed by atoms with Crippen LogP contribution in [-0.4, -0.2) is 76.2 Å². The Kier molecular flexibility index (Phi) is 6.36. The molecule has 10 heteroatoms. The maximum atomic E-state index is 15.1. The van der Waals surface area contributed by atoms with Gasteiger partial charge in [-0.25, -0.2) is 0 Å². The minimum absolute atomic E-state index is 0.0729. The molecule has 2 N–H and O–H groups in total. The van der Waals surface area contributed by atoms with Crippen LogP contribution in [-0.2, 0) is 23.9 Å². The van der Waals surface area contributed by atoms with Crippen molar-refractivity contribution in [3.05, 3.63) is 47.0 Å². The first kappa shape index (κ1) is 30.7. The van der Waals surface area contributed by atoms with E-state index in [9.17, 15) is 24.6 Å². The van der Waals surface area contributed by atoms with Gasteiger partial charge in [-0.2, -0.15) is 0 Å². The van der Waals surface area contributed by atoms with Crippen LogP contribution in [0.3, 0.4) is 0 Å². The van der Waals surface area contributed by atoms with Crippen molar-refractivity contribution in [2.75, 3.05) is 19.7 Å². The Morgan fingerprint density at radius 1 is 1.07 bits per heavy atom. The molecule has 8 aliphatic rings. The molecule has 1 amide bonds. The zero-order chi connectivity index (χ0) is 32.8. The van der Waals surface area contributed by atoms with E-state index in [-0.39, 0.29) is 30.0 Å². The molecule has 2 bridgehead atoms. The molecule has 1 aromatic carbocycles. The van der Waals surface area contributed by atoms with Gasteiger partial charge in [0.05, 0.1) is 22.6 Å². The number of benzene rings is 1. The number of esters is 1. The smallest absolute Gasteiger partial charge is 0.302 e. The van der Waals surface area contributed by atoms with Crippen molar-refractivity contribution in [3.63, 3.8) is 0 Å². The standard InChI is InChI=1S/C36H42ClNO8/c1-18-21-9-10-24-33-17-45-36(44,29(41)27(33)32(3,4)14-11-25(33)46-19(2)39)35(24)26(21)34(18,31(35)43)28(40)20-12-15-38(16-13-20)30(42)22-7-5-6-8-23(22)37/h5-8,20-21,24-27,29,41,44H,1,9-17H2,2-4H3/t21-,24-,25-,26-,27+,29-,33+,34?,35+,36+/m0/s1. The molecule has 46 heavy (non-hydrogen) atoms. The number of rotatable bonds is 4. The van der Waals surface area contributed by atoms with Gasteiger partial charge in [-0.15, -0.1) is 0 Å². The molecular formula is C36H42ClNO8. The molecule has 9 nitrogen and oxygen atoms in total. The molecule has 5 aliphatic carbocycles. The first-order valence-corrected chi connectivity index (χ1v) is 17.1. The number of piperidine rings is 1. The van der Waals surface area contributed by atoms with E-state index >= 15 is 4.79 Å². The van der Waals surface area contributed by atoms with E-state index in [0.29, 0.717) is 67.8 Å². The quantitative estimate of drug-likeness (QED) is 0.284. The summed E-state index contributed by atoms with van der Waals surface area (Å²) >= 11 is 6.28. The van der Waals surface area contributed by atoms with Crippen molar-refractivity contribution in [2.24, 2.45) is 51.2 Å². The Labute approximate surface area is 273 Å². The Bertz CT molecular complexity index is 1600. The molecule has 246 valence electrons. The second kappa shape index (κ2) is 9.52. The number of hydrogen-bond donors (Lipinski definition) is 2. The highest BCUT2D eigenvalue weighted by Gasteiger charge is 2.97. The second-order valence-corrected chi connectivity index (χ2v) is 16.2. The van der Waals surface area contributed by atoms with Crippen molar-refractivity contribution in [1.29, 1.82) is 0 Å². The fraction of sp³-hybridized carbons (Fsp3) is 0.667. The number of aliphatic hydroxyl groups excluding tert-OH is 1. The second-order valence-electron chi connectivity index (χ2n) is 15.8. The van der Waals surface area contributed by atoms with Gasteiger partial charge in [0.2, 0.25) is 5.79 Å². The van der Waals surface area contributed by atoms with Gasteiger partial charge in [0.25, 0.3) is 5.91 Å². The van der Waals surface area contributed by atoms with Crippen LogP contribution >= 0.6 is 11.6 Å². The lowest BCUT2D eigenvalue weighted by molar-refractivity contribution is -0.478. The number of amides is 1. The Balaban J connectivity index is 1.13. The van der Waals surface area contributed by atoms with Crippen LogP contribution < -0.4 is 0 Å². The number of carbonyl (C=O) groups is 4. The lowest BCUT2D eigenvalue weighted by Gasteiger charge is -2.85. The van der Waals surface area contributed by atoms with E-state index in [2.05, 4.69) is 20.4 Å². The van der Waals surface area contributed by atoms with Gasteiger partial charge in [0.1, 0.15) is 17.6 Å². The van der Waals surface area contributed by atoms with Gasteiger partial charge in [-0.3, -0.25) is 19.2 Å². The topological polar surface area (TPSA) is 130 Å². The van der Waals surface area contributed by atoms with Gasteiger partial charge in [-0.1, -0.05) is 49.7 Å². The zero-order valence-corrected chi connectivity index (χ0v) is 27.3. The van der Waals surface area contributed by atoms with Gasteiger partial charge in [0.15, 0.2) is 11.6 Å². The fourth-order valence-electron chi connectivity index (χ4n) is 12.3. The highest BCUT2D eigenvalue weighted by Crippen LogP contribution is 2.87. The highest BCUT2D eigenvalue weighted by molar-refractivity contribution is 6.33. The van der Waals surface area contributed by atoms with Crippen LogP contribution in [0.4, 0.5) is 0 Å². The van der Waals surface area contributed by atoms with Crippen LogP contribution in [0.5, 0.6) is 0 Å². The summed E-state index contributed by atoms with van der Waals surface area (Å²) in [5.74, 6) is -5.39. The van der Waals surface area contributed by atoms with Crippen LogP contribution in [0.15, 0.2) is 36.4 Å². The summed E-state index contributed by atoms with van der Waals surface area (Å²) in [6.45, 7) is 10.6. The summed E-state index contributed by atoms with van der Waals surface area (Å²) < 4.78 is 12.3. The largest absolute Gasteiger partial charge is 0.462 e. The van der Waals surface area contributed by atoms with Gasteiger partial charge >= 0.3 is 5.97 Å². The number of likely N-dealkylation sites (tertiary alicyclic amines) is 1. The van der Waals surface area contributed by atoms with E-state index in [4.69, 9.17) is 21.1 Å². The number of carbonyl (C=O) groups excluding carboxylic acids is 4. The molecule has 3 aliphatic heterocycles. The van der Waals surface area contributed by atoms with Crippen LogP contribution in [0, 0.1) is 51.2 Å². The Morgan fingerprint density at radius 2 is 1.76 bits per heavy atom. The number of ketones is 2. The number of halogens is 1. The molecule has 3 saturated heterocycles. The van der Waals surface area contributed by atoms with Gasteiger partial charge in [0, 0.05) is 43.2 Å². The highest BCUT2D eigenvalue weighted by atomic mass is 35.5. The third-order valence-electron chi connectivity index (χ3n) is 13.9. The van der Waals surface area contributed by atoms with Crippen LogP contribution in [0.1, 0.15) is 69.7 Å². The average molecular weight is 652 g/mol. The summed E-state index contributed by atoms with van der Waals surface area (Å²) in [5.41, 5.74) is -3.19. The molecule has 1 aromatic rings. The number of ether oxygens (including phenoxy) is 2. The van der Waals surface area contributed by atoms with Crippen LogP contribution in [0.25, 0.3) is 0 Å². The van der Waals surface area contributed by atoms with Gasteiger partial charge in [-0.05, 0) is 67.9 Å². The number of fused-ring (bicyclic) bond motifs is 1. The first-order valence-electron chi connectivity index (χ1n) is 16.8. The number of allylic oxidation sites excluding steroid dienone is 1. The summed E-state index contributed by atoms with van der Waals surface area (Å²) in [7, 11) is 0. The summed E-state index contributed by atoms with van der Waals surface area (Å²) in [4.78, 5) is 57.0. The van der Waals surface area contributed by atoms with Crippen molar-refractivity contribution in [3.8, 4) is 0 Å². The van der Waals surface area contributed by atoms with E-state index in [1.54, 1.807) is 29.2 Å². The third kappa shape index (κ3) is 3.20. The van der Waals surface area contributed by atoms with E-state index in [0.717, 1.165) is 0 Å². The number of nitrogens with zero attached hydrogens (tertiary/aromatic N) is 1. The summed E-state index contributed by atoms with van der Waals surface area (Å²) in [5, 5.41) is 25.0. The predicted molar refractivity (Wildman–Crippen MR) is 165 cm³/mol. The SMILES string of the molecule is C=C1[C@@H]2CC[C@H]3[C@@]45CO[C@](O)([C@@H](O)[C@@H]4C(C)(C)CC[C@@H]5OC(C)=O)[C@]34C(=O)C1(C(=O)C1CCN(C(=O)c3ccccc3Cl)CC1)[C@H]24.